The van der Waals surface area contributed by atoms with E-state index in [1.807, 2.05) is 13.0 Å². The predicted octanol–water partition coefficient (Wildman–Crippen LogP) is 4.61. The zero-order valence-corrected chi connectivity index (χ0v) is 14.6. The first-order chi connectivity index (χ1) is 10.7. The summed E-state index contributed by atoms with van der Waals surface area (Å²) < 4.78 is 0. The van der Waals surface area contributed by atoms with Gasteiger partial charge in [0.25, 0.3) is 0 Å². The van der Waals surface area contributed by atoms with Crippen molar-refractivity contribution >= 4 is 5.97 Å². The maximum atomic E-state index is 11.9. The third kappa shape index (κ3) is 2.28. The Morgan fingerprint density at radius 1 is 1.26 bits per heavy atom. The van der Waals surface area contributed by atoms with Crippen LogP contribution in [0.15, 0.2) is 12.1 Å². The average molecular weight is 316 g/mol. The van der Waals surface area contributed by atoms with Crippen molar-refractivity contribution in [3.05, 3.63) is 28.8 Å². The molecule has 0 unspecified atom stereocenters. The number of carbonyl (C=O) groups is 1. The van der Waals surface area contributed by atoms with Crippen molar-refractivity contribution in [1.82, 2.24) is 0 Å². The molecule has 3 heteroatoms. The summed E-state index contributed by atoms with van der Waals surface area (Å²) in [5.74, 6) is 0.127. The van der Waals surface area contributed by atoms with Gasteiger partial charge in [-0.3, -0.25) is 4.79 Å². The zero-order valence-electron chi connectivity index (χ0n) is 14.6. The second kappa shape index (κ2) is 5.25. The van der Waals surface area contributed by atoms with Crippen LogP contribution >= 0.6 is 0 Å². The van der Waals surface area contributed by atoms with Crippen molar-refractivity contribution in [3.8, 4) is 5.75 Å². The van der Waals surface area contributed by atoms with Crippen molar-refractivity contribution in [3.63, 3.8) is 0 Å². The van der Waals surface area contributed by atoms with Gasteiger partial charge in [-0.05, 0) is 72.6 Å². The number of aromatic hydroxyl groups is 1. The van der Waals surface area contributed by atoms with Gasteiger partial charge in [-0.2, -0.15) is 0 Å². The fourth-order valence-electron chi connectivity index (χ4n) is 5.24. The molecule has 3 rings (SSSR count). The Balaban J connectivity index is 2.13. The molecule has 1 aromatic rings. The van der Waals surface area contributed by atoms with Gasteiger partial charge in [0.2, 0.25) is 0 Å². The number of carboxylic acid groups (broad SMARTS) is 1. The van der Waals surface area contributed by atoms with Gasteiger partial charge < -0.3 is 10.2 Å². The minimum Gasteiger partial charge on any atom is -0.508 e. The van der Waals surface area contributed by atoms with Crippen LogP contribution in [-0.4, -0.2) is 16.2 Å². The topological polar surface area (TPSA) is 57.5 Å². The molecule has 1 fully saturated rings. The molecule has 126 valence electrons. The highest BCUT2D eigenvalue weighted by atomic mass is 16.4. The number of aryl methyl sites for hydroxylation is 1. The summed E-state index contributed by atoms with van der Waals surface area (Å²) in [5, 5.41) is 20.3. The van der Waals surface area contributed by atoms with E-state index >= 15 is 0 Å². The van der Waals surface area contributed by atoms with Crippen molar-refractivity contribution in [2.75, 3.05) is 0 Å². The Hall–Kier alpha value is -1.51. The lowest BCUT2D eigenvalue weighted by atomic mass is 9.49. The molecule has 0 aromatic heterocycles. The summed E-state index contributed by atoms with van der Waals surface area (Å²) in [4.78, 5) is 11.9. The molecule has 0 bridgehead atoms. The Kier molecular flexibility index (Phi) is 3.74. The highest BCUT2D eigenvalue weighted by Gasteiger charge is 2.55. The minimum absolute atomic E-state index is 0.137. The molecule has 0 saturated heterocycles. The van der Waals surface area contributed by atoms with E-state index in [4.69, 9.17) is 0 Å². The highest BCUT2D eigenvalue weighted by Crippen LogP contribution is 2.58. The molecule has 3 nitrogen and oxygen atoms in total. The number of aliphatic carboxylic acids is 1. The summed E-state index contributed by atoms with van der Waals surface area (Å²) in [5.41, 5.74) is 2.69. The lowest BCUT2D eigenvalue weighted by Crippen LogP contribution is -2.52. The molecular formula is C20H28O3. The number of carboxylic acids is 1. The summed E-state index contributed by atoms with van der Waals surface area (Å²) in [6, 6.07) is 4.09. The molecular weight excluding hydrogens is 288 g/mol. The first-order valence-corrected chi connectivity index (χ1v) is 8.80. The van der Waals surface area contributed by atoms with Crippen LogP contribution < -0.4 is 0 Å². The van der Waals surface area contributed by atoms with Gasteiger partial charge in [0.1, 0.15) is 5.75 Å². The SMILES string of the molecule is CC(C)c1cc2c(cc1O)[C@@]1(C)CCC[C@@](C)(C(=O)O)[C@@H]1CC2. The summed E-state index contributed by atoms with van der Waals surface area (Å²) in [7, 11) is 0. The van der Waals surface area contributed by atoms with Gasteiger partial charge in [-0.15, -0.1) is 0 Å². The van der Waals surface area contributed by atoms with Gasteiger partial charge >= 0.3 is 5.97 Å². The van der Waals surface area contributed by atoms with E-state index in [1.54, 1.807) is 0 Å². The number of fused-ring (bicyclic) bond motifs is 3. The third-order valence-corrected chi connectivity index (χ3v) is 6.61. The van der Waals surface area contributed by atoms with Gasteiger partial charge in [-0.1, -0.05) is 33.3 Å². The number of phenols is 1. The van der Waals surface area contributed by atoms with E-state index in [0.29, 0.717) is 11.7 Å². The van der Waals surface area contributed by atoms with Crippen LogP contribution in [0.5, 0.6) is 5.75 Å². The number of phenolic OH excluding ortho intramolecular Hbond substituents is 1. The van der Waals surface area contributed by atoms with E-state index in [1.165, 1.54) is 11.1 Å². The fraction of sp³-hybridized carbons (Fsp3) is 0.650. The molecule has 3 atom stereocenters. The molecule has 0 spiro atoms. The van der Waals surface area contributed by atoms with E-state index in [2.05, 4.69) is 26.8 Å². The number of benzene rings is 1. The Labute approximate surface area is 138 Å². The van der Waals surface area contributed by atoms with Crippen molar-refractivity contribution in [2.24, 2.45) is 11.3 Å². The molecule has 0 radical (unpaired) electrons. The molecule has 2 aliphatic rings. The normalized spacial score (nSPS) is 33.2. The molecule has 23 heavy (non-hydrogen) atoms. The first-order valence-electron chi connectivity index (χ1n) is 8.80. The van der Waals surface area contributed by atoms with Crippen LogP contribution in [0.25, 0.3) is 0 Å². The van der Waals surface area contributed by atoms with Crippen molar-refractivity contribution in [2.45, 2.75) is 71.1 Å². The minimum atomic E-state index is -0.667. The largest absolute Gasteiger partial charge is 0.508 e. The maximum absolute atomic E-state index is 11.9. The quantitative estimate of drug-likeness (QED) is 0.837. The second-order valence-electron chi connectivity index (χ2n) is 8.31. The van der Waals surface area contributed by atoms with Gasteiger partial charge in [-0.25, -0.2) is 0 Å². The van der Waals surface area contributed by atoms with E-state index in [9.17, 15) is 15.0 Å². The van der Waals surface area contributed by atoms with Gasteiger partial charge in [0.15, 0.2) is 0 Å². The molecule has 0 aliphatic heterocycles. The van der Waals surface area contributed by atoms with Crippen LogP contribution in [0.3, 0.4) is 0 Å². The van der Waals surface area contributed by atoms with E-state index < -0.39 is 11.4 Å². The Morgan fingerprint density at radius 3 is 2.57 bits per heavy atom. The Bertz CT molecular complexity index is 649. The van der Waals surface area contributed by atoms with Crippen molar-refractivity contribution in [1.29, 1.82) is 0 Å². The Morgan fingerprint density at radius 2 is 1.96 bits per heavy atom. The molecule has 2 aliphatic carbocycles. The predicted molar refractivity (Wildman–Crippen MR) is 91.0 cm³/mol. The van der Waals surface area contributed by atoms with Gasteiger partial charge in [0.05, 0.1) is 5.41 Å². The standard InChI is InChI=1S/C20H28O3/c1-12(2)14-10-13-6-7-17-19(3,15(13)11-16(14)21)8-5-9-20(17,4)18(22)23/h10-12,17,21H,5-9H2,1-4H3,(H,22,23)/t17-,19-,20-/m1/s1. The maximum Gasteiger partial charge on any atom is 0.309 e. The summed E-state index contributed by atoms with van der Waals surface area (Å²) in [6.07, 6.45) is 4.54. The number of rotatable bonds is 2. The lowest BCUT2D eigenvalue weighted by molar-refractivity contribution is -0.157. The monoisotopic (exact) mass is 316 g/mol. The van der Waals surface area contributed by atoms with E-state index in [-0.39, 0.29) is 11.3 Å². The third-order valence-electron chi connectivity index (χ3n) is 6.61. The molecule has 1 aromatic carbocycles. The average Bonchev–Trinajstić information content (AvgIpc) is 2.46. The smallest absolute Gasteiger partial charge is 0.309 e. The van der Waals surface area contributed by atoms with Crippen LogP contribution in [0, 0.1) is 11.3 Å². The van der Waals surface area contributed by atoms with Crippen molar-refractivity contribution < 1.29 is 15.0 Å². The van der Waals surface area contributed by atoms with E-state index in [0.717, 1.165) is 37.7 Å². The number of hydrogen-bond donors (Lipinski definition) is 2. The fourth-order valence-corrected chi connectivity index (χ4v) is 5.24. The molecule has 2 N–H and O–H groups in total. The van der Waals surface area contributed by atoms with Gasteiger partial charge in [0, 0.05) is 0 Å². The zero-order chi connectivity index (χ0) is 17.0. The van der Waals surface area contributed by atoms with Crippen LogP contribution in [-0.2, 0) is 16.6 Å². The summed E-state index contributed by atoms with van der Waals surface area (Å²) in [6.45, 7) is 8.32. The van der Waals surface area contributed by atoms with Crippen LogP contribution in [0.2, 0.25) is 0 Å². The van der Waals surface area contributed by atoms with Crippen LogP contribution in [0.4, 0.5) is 0 Å². The molecule has 0 heterocycles. The highest BCUT2D eigenvalue weighted by molar-refractivity contribution is 5.75. The van der Waals surface area contributed by atoms with Crippen LogP contribution in [0.1, 0.15) is 76.0 Å². The molecule has 0 amide bonds. The second-order valence-corrected chi connectivity index (χ2v) is 8.31. The molecule has 1 saturated carbocycles. The first kappa shape index (κ1) is 16.4. The summed E-state index contributed by atoms with van der Waals surface area (Å²) >= 11 is 0. The lowest BCUT2D eigenvalue weighted by Gasteiger charge is -2.53. The number of hydrogen-bond acceptors (Lipinski definition) is 2.